The standard InChI is InChI=1S/C16H21NO2/c1-12(2)15(18)16(19)17-10-8-14(9-11-17)13-6-4-3-5-7-13/h3-7,12,14H,8-11H2,1-2H3. The predicted octanol–water partition coefficient (Wildman–Crippen LogP) is 2.62. The molecule has 0 N–H and O–H groups in total. The Bertz CT molecular complexity index is 445. The number of rotatable bonds is 3. The third-order valence-electron chi connectivity index (χ3n) is 3.79. The number of hydrogen-bond donors (Lipinski definition) is 0. The van der Waals surface area contributed by atoms with Gasteiger partial charge in [-0.15, -0.1) is 0 Å². The molecule has 3 nitrogen and oxygen atoms in total. The Kier molecular flexibility index (Phi) is 4.35. The summed E-state index contributed by atoms with van der Waals surface area (Å²) in [4.78, 5) is 25.4. The number of nitrogens with zero attached hydrogens (tertiary/aromatic N) is 1. The molecular formula is C16H21NO2. The number of Topliss-reactive ketones (excluding diaryl/α,β-unsaturated/α-hetero) is 1. The highest BCUT2D eigenvalue weighted by atomic mass is 16.2. The monoisotopic (exact) mass is 259 g/mol. The molecular weight excluding hydrogens is 238 g/mol. The molecule has 2 rings (SSSR count). The van der Waals surface area contributed by atoms with Gasteiger partial charge in [0.15, 0.2) is 0 Å². The van der Waals surface area contributed by atoms with Gasteiger partial charge in [-0.25, -0.2) is 0 Å². The molecule has 1 aliphatic heterocycles. The minimum Gasteiger partial charge on any atom is -0.336 e. The number of amides is 1. The lowest BCUT2D eigenvalue weighted by Crippen LogP contribution is -2.43. The van der Waals surface area contributed by atoms with Gasteiger partial charge in [0.2, 0.25) is 5.78 Å². The van der Waals surface area contributed by atoms with Crippen molar-refractivity contribution in [2.24, 2.45) is 5.92 Å². The fourth-order valence-corrected chi connectivity index (χ4v) is 2.54. The van der Waals surface area contributed by atoms with Crippen LogP contribution in [-0.2, 0) is 9.59 Å². The van der Waals surface area contributed by atoms with E-state index in [4.69, 9.17) is 0 Å². The van der Waals surface area contributed by atoms with Gasteiger partial charge in [0.25, 0.3) is 5.91 Å². The first-order valence-corrected chi connectivity index (χ1v) is 6.97. The van der Waals surface area contributed by atoms with Crippen molar-refractivity contribution in [1.82, 2.24) is 4.90 Å². The molecule has 0 atom stereocenters. The Morgan fingerprint density at radius 1 is 1.11 bits per heavy atom. The number of carbonyl (C=O) groups excluding carboxylic acids is 2. The summed E-state index contributed by atoms with van der Waals surface area (Å²) in [5, 5.41) is 0. The van der Waals surface area contributed by atoms with Crippen LogP contribution in [0.3, 0.4) is 0 Å². The maximum atomic E-state index is 12.0. The second kappa shape index (κ2) is 6.00. The average Bonchev–Trinajstić information content (AvgIpc) is 2.46. The van der Waals surface area contributed by atoms with E-state index in [9.17, 15) is 9.59 Å². The second-order valence-corrected chi connectivity index (χ2v) is 5.50. The highest BCUT2D eigenvalue weighted by Gasteiger charge is 2.28. The summed E-state index contributed by atoms with van der Waals surface area (Å²) in [6.45, 7) is 4.93. The largest absolute Gasteiger partial charge is 0.336 e. The van der Waals surface area contributed by atoms with E-state index < -0.39 is 0 Å². The number of ketones is 1. The Balaban J connectivity index is 1.93. The van der Waals surface area contributed by atoms with Gasteiger partial charge in [-0.1, -0.05) is 44.2 Å². The Morgan fingerprint density at radius 2 is 1.68 bits per heavy atom. The molecule has 1 fully saturated rings. The summed E-state index contributed by atoms with van der Waals surface area (Å²) in [7, 11) is 0. The molecule has 1 heterocycles. The summed E-state index contributed by atoms with van der Waals surface area (Å²) in [5.74, 6) is -0.265. The summed E-state index contributed by atoms with van der Waals surface area (Å²) in [6.07, 6.45) is 1.89. The van der Waals surface area contributed by atoms with Crippen LogP contribution in [0.2, 0.25) is 0 Å². The molecule has 102 valence electrons. The Morgan fingerprint density at radius 3 is 2.21 bits per heavy atom. The van der Waals surface area contributed by atoms with Gasteiger partial charge < -0.3 is 4.90 Å². The zero-order valence-corrected chi connectivity index (χ0v) is 11.6. The van der Waals surface area contributed by atoms with Gasteiger partial charge in [0, 0.05) is 19.0 Å². The van der Waals surface area contributed by atoms with Gasteiger partial charge in [-0.05, 0) is 24.3 Å². The van der Waals surface area contributed by atoms with E-state index in [2.05, 4.69) is 24.3 Å². The fourth-order valence-electron chi connectivity index (χ4n) is 2.54. The van der Waals surface area contributed by atoms with Crippen molar-refractivity contribution < 1.29 is 9.59 Å². The molecule has 1 aromatic carbocycles. The molecule has 0 aliphatic carbocycles. The lowest BCUT2D eigenvalue weighted by Gasteiger charge is -2.32. The van der Waals surface area contributed by atoms with Crippen LogP contribution in [0.1, 0.15) is 38.2 Å². The van der Waals surface area contributed by atoms with Crippen molar-refractivity contribution in [1.29, 1.82) is 0 Å². The molecule has 1 aliphatic rings. The number of benzene rings is 1. The van der Waals surface area contributed by atoms with Crippen LogP contribution in [0.25, 0.3) is 0 Å². The van der Waals surface area contributed by atoms with Crippen LogP contribution in [0, 0.1) is 5.92 Å². The third-order valence-corrected chi connectivity index (χ3v) is 3.79. The lowest BCUT2D eigenvalue weighted by molar-refractivity contribution is -0.146. The number of hydrogen-bond acceptors (Lipinski definition) is 2. The number of carbonyl (C=O) groups is 2. The summed E-state index contributed by atoms with van der Waals surface area (Å²) in [5.41, 5.74) is 1.34. The minimum atomic E-state index is -0.304. The summed E-state index contributed by atoms with van der Waals surface area (Å²) >= 11 is 0. The van der Waals surface area contributed by atoms with E-state index in [1.54, 1.807) is 18.7 Å². The third kappa shape index (κ3) is 3.22. The topological polar surface area (TPSA) is 37.4 Å². The molecule has 0 spiro atoms. The smallest absolute Gasteiger partial charge is 0.290 e. The van der Waals surface area contributed by atoms with Crippen LogP contribution in [-0.4, -0.2) is 29.7 Å². The van der Waals surface area contributed by atoms with Gasteiger partial charge in [-0.3, -0.25) is 9.59 Å². The normalized spacial score (nSPS) is 16.7. The van der Waals surface area contributed by atoms with Crippen LogP contribution in [0.15, 0.2) is 30.3 Å². The molecule has 0 saturated carbocycles. The van der Waals surface area contributed by atoms with Crippen LogP contribution in [0.5, 0.6) is 0 Å². The molecule has 3 heteroatoms. The lowest BCUT2D eigenvalue weighted by atomic mass is 9.89. The highest BCUT2D eigenvalue weighted by molar-refractivity contribution is 6.36. The summed E-state index contributed by atoms with van der Waals surface area (Å²) < 4.78 is 0. The highest BCUT2D eigenvalue weighted by Crippen LogP contribution is 2.27. The zero-order valence-electron chi connectivity index (χ0n) is 11.6. The van der Waals surface area contributed by atoms with Crippen molar-refractivity contribution in [3.8, 4) is 0 Å². The van der Waals surface area contributed by atoms with Crippen molar-refractivity contribution in [2.75, 3.05) is 13.1 Å². The van der Waals surface area contributed by atoms with Gasteiger partial charge in [-0.2, -0.15) is 0 Å². The maximum Gasteiger partial charge on any atom is 0.290 e. The quantitative estimate of drug-likeness (QED) is 0.782. The van der Waals surface area contributed by atoms with E-state index in [0.717, 1.165) is 12.8 Å². The van der Waals surface area contributed by atoms with Crippen molar-refractivity contribution in [3.63, 3.8) is 0 Å². The minimum absolute atomic E-state index is 0.209. The van der Waals surface area contributed by atoms with E-state index in [-0.39, 0.29) is 17.6 Å². The zero-order chi connectivity index (χ0) is 13.8. The van der Waals surface area contributed by atoms with Gasteiger partial charge in [0.1, 0.15) is 0 Å². The molecule has 19 heavy (non-hydrogen) atoms. The van der Waals surface area contributed by atoms with Gasteiger partial charge in [0.05, 0.1) is 0 Å². The molecule has 1 aromatic rings. The predicted molar refractivity (Wildman–Crippen MR) is 74.8 cm³/mol. The molecule has 1 saturated heterocycles. The maximum absolute atomic E-state index is 12.0. The molecule has 0 radical (unpaired) electrons. The SMILES string of the molecule is CC(C)C(=O)C(=O)N1CCC(c2ccccc2)CC1. The molecule has 0 unspecified atom stereocenters. The van der Waals surface area contributed by atoms with Crippen molar-refractivity contribution in [2.45, 2.75) is 32.6 Å². The van der Waals surface area contributed by atoms with Crippen molar-refractivity contribution >= 4 is 11.7 Å². The number of piperidine rings is 1. The van der Waals surface area contributed by atoms with Crippen molar-refractivity contribution in [3.05, 3.63) is 35.9 Å². The van der Waals surface area contributed by atoms with E-state index >= 15 is 0 Å². The van der Waals surface area contributed by atoms with E-state index in [1.807, 2.05) is 6.07 Å². The van der Waals surface area contributed by atoms with Gasteiger partial charge >= 0.3 is 0 Å². The molecule has 0 aromatic heterocycles. The first-order chi connectivity index (χ1) is 9.09. The Hall–Kier alpha value is -1.64. The van der Waals surface area contributed by atoms with E-state index in [0.29, 0.717) is 19.0 Å². The second-order valence-electron chi connectivity index (χ2n) is 5.50. The van der Waals surface area contributed by atoms with E-state index in [1.165, 1.54) is 5.56 Å². The number of likely N-dealkylation sites (tertiary alicyclic amines) is 1. The van der Waals surface area contributed by atoms with Crippen LogP contribution >= 0.6 is 0 Å². The molecule has 1 amide bonds. The van der Waals surface area contributed by atoms with Crippen LogP contribution < -0.4 is 0 Å². The first-order valence-electron chi connectivity index (χ1n) is 6.97. The van der Waals surface area contributed by atoms with Crippen LogP contribution in [0.4, 0.5) is 0 Å². The average molecular weight is 259 g/mol. The summed E-state index contributed by atoms with van der Waals surface area (Å²) in [6, 6.07) is 10.4. The molecule has 0 bridgehead atoms. The fraction of sp³-hybridized carbons (Fsp3) is 0.500. The Labute approximate surface area is 114 Å². The first kappa shape index (κ1) is 13.8.